The monoisotopic (exact) mass is 468 g/mol. The molecular weight excluding hydrogens is 432 g/mol. The number of carbonyl (C=O) groups is 1. The molecule has 1 amide bonds. The third-order valence-electron chi connectivity index (χ3n) is 6.75. The highest BCUT2D eigenvalue weighted by Crippen LogP contribution is 2.24. The number of morpholine rings is 1. The lowest BCUT2D eigenvalue weighted by molar-refractivity contribution is -0.121. The van der Waals surface area contributed by atoms with Crippen molar-refractivity contribution in [2.24, 2.45) is 5.92 Å². The minimum Gasteiger partial charge on any atom is -0.379 e. The van der Waals surface area contributed by atoms with Crippen LogP contribution >= 0.6 is 11.8 Å². The van der Waals surface area contributed by atoms with E-state index in [2.05, 4.69) is 32.2 Å². The molecule has 0 aliphatic carbocycles. The van der Waals surface area contributed by atoms with Gasteiger partial charge in [0.15, 0.2) is 0 Å². The Balaban J connectivity index is 1.20. The highest BCUT2D eigenvalue weighted by Gasteiger charge is 2.27. The van der Waals surface area contributed by atoms with E-state index in [9.17, 15) is 4.79 Å². The molecule has 1 unspecified atom stereocenters. The molecular formula is C26H36N4O2S. The van der Waals surface area contributed by atoms with Gasteiger partial charge < -0.3 is 10.1 Å². The van der Waals surface area contributed by atoms with E-state index in [0.717, 1.165) is 61.8 Å². The molecule has 0 radical (unpaired) electrons. The molecule has 2 fully saturated rings. The Hall–Kier alpha value is -1.93. The Bertz CT molecular complexity index is 868. The Morgan fingerprint density at radius 1 is 1.15 bits per heavy atom. The number of carbonyl (C=O) groups excluding carboxylic acids is 1. The summed E-state index contributed by atoms with van der Waals surface area (Å²) >= 11 is 1.70. The number of nitrogens with zero attached hydrogens (tertiary/aromatic N) is 3. The standard InChI is InChI=1S/C26H36N4O2S/c1-21(30-13-9-22(10-14-30)8-12-29-15-17-32-18-16-29)26(31)28-24-6-4-5-23(19-24)20-33-25-7-2-3-11-27-25/h2-7,11,19,21-22H,8-10,12-18,20H2,1H3,(H,28,31). The molecule has 178 valence electrons. The number of thioether (sulfide) groups is 1. The summed E-state index contributed by atoms with van der Waals surface area (Å²) < 4.78 is 5.44. The smallest absolute Gasteiger partial charge is 0.241 e. The Morgan fingerprint density at radius 2 is 1.97 bits per heavy atom. The number of hydrogen-bond donors (Lipinski definition) is 1. The van der Waals surface area contributed by atoms with Crippen LogP contribution in [0.5, 0.6) is 0 Å². The van der Waals surface area contributed by atoms with Crippen LogP contribution in [-0.2, 0) is 15.3 Å². The Morgan fingerprint density at radius 3 is 2.73 bits per heavy atom. The van der Waals surface area contributed by atoms with Gasteiger partial charge in [0.2, 0.25) is 5.91 Å². The predicted molar refractivity (Wildman–Crippen MR) is 135 cm³/mol. The van der Waals surface area contributed by atoms with Gasteiger partial charge in [-0.2, -0.15) is 0 Å². The average molecular weight is 469 g/mol. The van der Waals surface area contributed by atoms with Gasteiger partial charge in [0.1, 0.15) is 0 Å². The zero-order valence-corrected chi connectivity index (χ0v) is 20.4. The van der Waals surface area contributed by atoms with Crippen LogP contribution in [0.15, 0.2) is 53.7 Å². The molecule has 1 N–H and O–H groups in total. The van der Waals surface area contributed by atoms with Crippen molar-refractivity contribution in [2.45, 2.75) is 43.0 Å². The Kier molecular flexibility index (Phi) is 9.17. The average Bonchev–Trinajstić information content (AvgIpc) is 2.87. The molecule has 2 saturated heterocycles. The molecule has 1 aromatic carbocycles. The molecule has 0 bridgehead atoms. The summed E-state index contributed by atoms with van der Waals surface area (Å²) in [7, 11) is 0. The normalized spacial score (nSPS) is 19.3. The fourth-order valence-corrected chi connectivity index (χ4v) is 5.36. The van der Waals surface area contributed by atoms with Crippen molar-refractivity contribution in [3.63, 3.8) is 0 Å². The van der Waals surface area contributed by atoms with Gasteiger partial charge >= 0.3 is 0 Å². The molecule has 1 atom stereocenters. The second-order valence-corrected chi connectivity index (χ2v) is 10.0. The van der Waals surface area contributed by atoms with E-state index in [-0.39, 0.29) is 11.9 Å². The largest absolute Gasteiger partial charge is 0.379 e. The zero-order valence-electron chi connectivity index (χ0n) is 19.6. The minimum atomic E-state index is -0.114. The van der Waals surface area contributed by atoms with E-state index in [1.54, 1.807) is 11.8 Å². The first-order chi connectivity index (χ1) is 16.2. The third kappa shape index (κ3) is 7.54. The molecule has 33 heavy (non-hydrogen) atoms. The second-order valence-electron chi connectivity index (χ2n) is 9.04. The summed E-state index contributed by atoms with van der Waals surface area (Å²) in [5.41, 5.74) is 2.04. The van der Waals surface area contributed by atoms with Crippen molar-refractivity contribution in [1.82, 2.24) is 14.8 Å². The minimum absolute atomic E-state index is 0.0799. The number of anilines is 1. The second kappa shape index (κ2) is 12.5. The molecule has 0 spiro atoms. The molecule has 0 saturated carbocycles. The summed E-state index contributed by atoms with van der Waals surface area (Å²) in [5, 5.41) is 4.14. The fraction of sp³-hybridized carbons (Fsp3) is 0.538. The molecule has 2 aliphatic rings. The van der Waals surface area contributed by atoms with Crippen molar-refractivity contribution >= 4 is 23.4 Å². The van der Waals surface area contributed by atoms with Gasteiger partial charge in [-0.1, -0.05) is 18.2 Å². The number of rotatable bonds is 9. The van der Waals surface area contributed by atoms with E-state index in [4.69, 9.17) is 4.74 Å². The lowest BCUT2D eigenvalue weighted by Gasteiger charge is -2.36. The fourth-order valence-electron chi connectivity index (χ4n) is 4.56. The predicted octanol–water partition coefficient (Wildman–Crippen LogP) is 4.14. The van der Waals surface area contributed by atoms with Crippen LogP contribution in [0.3, 0.4) is 0 Å². The van der Waals surface area contributed by atoms with Crippen LogP contribution in [0.2, 0.25) is 0 Å². The number of piperidine rings is 1. The first kappa shape index (κ1) is 24.2. The highest BCUT2D eigenvalue weighted by molar-refractivity contribution is 7.98. The summed E-state index contributed by atoms with van der Waals surface area (Å²) in [6.07, 6.45) is 5.44. The summed E-state index contributed by atoms with van der Waals surface area (Å²) in [6, 6.07) is 14.0. The molecule has 3 heterocycles. The number of ether oxygens (including phenoxy) is 1. The van der Waals surface area contributed by atoms with Crippen LogP contribution in [0.25, 0.3) is 0 Å². The number of benzene rings is 1. The molecule has 6 nitrogen and oxygen atoms in total. The summed E-state index contributed by atoms with van der Waals surface area (Å²) in [5.74, 6) is 1.68. The van der Waals surface area contributed by atoms with Crippen LogP contribution < -0.4 is 5.32 Å². The third-order valence-corrected chi connectivity index (χ3v) is 7.77. The number of nitrogens with one attached hydrogen (secondary N) is 1. The maximum atomic E-state index is 12.9. The lowest BCUT2D eigenvalue weighted by Crippen LogP contribution is -2.46. The summed E-state index contributed by atoms with van der Waals surface area (Å²) in [4.78, 5) is 22.1. The van der Waals surface area contributed by atoms with Gasteiger partial charge in [-0.25, -0.2) is 4.98 Å². The quantitative estimate of drug-likeness (QED) is 0.559. The van der Waals surface area contributed by atoms with E-state index in [0.29, 0.717) is 0 Å². The van der Waals surface area contributed by atoms with Crippen molar-refractivity contribution in [2.75, 3.05) is 51.3 Å². The van der Waals surface area contributed by atoms with E-state index < -0.39 is 0 Å². The van der Waals surface area contributed by atoms with Gasteiger partial charge in [-0.15, -0.1) is 11.8 Å². The number of likely N-dealkylation sites (tertiary alicyclic amines) is 1. The van der Waals surface area contributed by atoms with E-state index in [1.165, 1.54) is 31.4 Å². The maximum absolute atomic E-state index is 12.9. The molecule has 1 aromatic heterocycles. The zero-order chi connectivity index (χ0) is 22.9. The summed E-state index contributed by atoms with van der Waals surface area (Å²) in [6.45, 7) is 9.10. The number of pyridine rings is 1. The van der Waals surface area contributed by atoms with Crippen molar-refractivity contribution in [3.8, 4) is 0 Å². The Labute approximate surface area is 202 Å². The first-order valence-corrected chi connectivity index (χ1v) is 13.1. The van der Waals surface area contributed by atoms with Gasteiger partial charge in [-0.05, 0) is 81.6 Å². The van der Waals surface area contributed by atoms with Crippen molar-refractivity contribution in [1.29, 1.82) is 0 Å². The van der Waals surface area contributed by atoms with Gasteiger partial charge in [0, 0.05) is 30.7 Å². The molecule has 4 rings (SSSR count). The van der Waals surface area contributed by atoms with E-state index >= 15 is 0 Å². The van der Waals surface area contributed by atoms with Gasteiger partial charge in [0.05, 0.1) is 24.3 Å². The number of amides is 1. The van der Waals surface area contributed by atoms with Crippen LogP contribution in [0.1, 0.15) is 31.7 Å². The van der Waals surface area contributed by atoms with Gasteiger partial charge in [0.25, 0.3) is 0 Å². The van der Waals surface area contributed by atoms with Crippen LogP contribution in [0, 0.1) is 5.92 Å². The van der Waals surface area contributed by atoms with Gasteiger partial charge in [-0.3, -0.25) is 14.6 Å². The topological polar surface area (TPSA) is 57.7 Å². The van der Waals surface area contributed by atoms with Crippen LogP contribution in [0.4, 0.5) is 5.69 Å². The maximum Gasteiger partial charge on any atom is 0.241 e. The molecule has 2 aromatic rings. The lowest BCUT2D eigenvalue weighted by atomic mass is 9.92. The number of aromatic nitrogens is 1. The van der Waals surface area contributed by atoms with Crippen molar-refractivity contribution < 1.29 is 9.53 Å². The first-order valence-electron chi connectivity index (χ1n) is 12.1. The van der Waals surface area contributed by atoms with Crippen LogP contribution in [-0.4, -0.2) is 72.7 Å². The highest BCUT2D eigenvalue weighted by atomic mass is 32.2. The molecule has 7 heteroatoms. The number of hydrogen-bond acceptors (Lipinski definition) is 6. The SMILES string of the molecule is CC(C(=O)Nc1cccc(CSc2ccccn2)c1)N1CCC(CCN2CCOCC2)CC1. The van der Waals surface area contributed by atoms with E-state index in [1.807, 2.05) is 43.5 Å². The van der Waals surface area contributed by atoms with Crippen molar-refractivity contribution in [3.05, 3.63) is 54.2 Å². The molecule has 2 aliphatic heterocycles.